The molecule has 0 atom stereocenters. The Balaban J connectivity index is 1.55. The molecule has 36 heavy (non-hydrogen) atoms. The molecule has 4 aromatic rings. The van der Waals surface area contributed by atoms with E-state index < -0.39 is 5.97 Å². The topological polar surface area (TPSA) is 73.9 Å². The van der Waals surface area contributed by atoms with Crippen LogP contribution in [0.1, 0.15) is 53.2 Å². The molecule has 1 saturated carbocycles. The summed E-state index contributed by atoms with van der Waals surface area (Å²) >= 11 is 0. The molecule has 0 radical (unpaired) electrons. The molecule has 5 heterocycles. The summed E-state index contributed by atoms with van der Waals surface area (Å²) < 4.78 is 14.8. The van der Waals surface area contributed by atoms with Crippen molar-refractivity contribution >= 4 is 22.4 Å². The molecule has 2 fully saturated rings. The Morgan fingerprint density at radius 2 is 1.89 bits per heavy atom. The highest BCUT2D eigenvalue weighted by Gasteiger charge is 2.29. The third kappa shape index (κ3) is 3.84. The molecule has 0 spiro atoms. The molecule has 0 bridgehead atoms. The Morgan fingerprint density at radius 3 is 2.58 bits per heavy atom. The molecule has 4 aromatic heterocycles. The molecule has 2 aliphatic rings. The summed E-state index contributed by atoms with van der Waals surface area (Å²) in [4.78, 5) is 19.6. The van der Waals surface area contributed by atoms with Gasteiger partial charge in [-0.15, -0.1) is 0 Å². The molecular weight excluding hydrogens is 454 g/mol. The van der Waals surface area contributed by atoms with Crippen LogP contribution in [0.4, 0.5) is 0 Å². The van der Waals surface area contributed by atoms with Crippen LogP contribution < -0.4 is 4.74 Å². The third-order valence-electron chi connectivity index (χ3n) is 7.89. The molecule has 8 heteroatoms. The van der Waals surface area contributed by atoms with E-state index in [1.54, 1.807) is 23.9 Å². The number of hydrogen-bond donors (Lipinski definition) is 0. The summed E-state index contributed by atoms with van der Waals surface area (Å²) in [7, 11) is 5.20. The van der Waals surface area contributed by atoms with Gasteiger partial charge in [-0.3, -0.25) is 4.98 Å². The van der Waals surface area contributed by atoms with E-state index in [0.717, 1.165) is 54.9 Å². The fourth-order valence-electron chi connectivity index (χ4n) is 5.68. The van der Waals surface area contributed by atoms with Crippen molar-refractivity contribution in [1.82, 2.24) is 24.1 Å². The number of carbonyl (C=O) groups is 1. The van der Waals surface area contributed by atoms with Crippen molar-refractivity contribution in [2.24, 2.45) is 5.92 Å². The highest BCUT2D eigenvalue weighted by Crippen LogP contribution is 2.41. The smallest absolute Gasteiger partial charge is 0.339 e. The lowest BCUT2D eigenvalue weighted by Crippen LogP contribution is -2.29. The number of carbonyl (C=O) groups excluding carboxylic acids is 1. The third-order valence-corrected chi connectivity index (χ3v) is 7.89. The van der Waals surface area contributed by atoms with Crippen molar-refractivity contribution in [2.75, 3.05) is 34.4 Å². The van der Waals surface area contributed by atoms with Crippen LogP contribution in [0.25, 0.3) is 27.8 Å². The maximum atomic E-state index is 12.3. The number of rotatable bonds is 6. The van der Waals surface area contributed by atoms with Gasteiger partial charge in [-0.2, -0.15) is 5.10 Å². The van der Waals surface area contributed by atoms with Gasteiger partial charge >= 0.3 is 5.97 Å². The number of methoxy groups -OCH3 is 2. The zero-order valence-corrected chi connectivity index (χ0v) is 21.5. The van der Waals surface area contributed by atoms with E-state index in [1.807, 2.05) is 6.20 Å². The monoisotopic (exact) mass is 487 g/mol. The van der Waals surface area contributed by atoms with E-state index in [0.29, 0.717) is 23.1 Å². The number of nitrogens with zero attached hydrogens (tertiary/aromatic N) is 5. The molecule has 1 aliphatic heterocycles. The van der Waals surface area contributed by atoms with Crippen LogP contribution in [0.5, 0.6) is 5.75 Å². The number of ether oxygens (including phenoxy) is 2. The molecule has 8 nitrogen and oxygen atoms in total. The van der Waals surface area contributed by atoms with Crippen molar-refractivity contribution in [2.45, 2.75) is 45.1 Å². The first-order valence-electron chi connectivity index (χ1n) is 12.8. The van der Waals surface area contributed by atoms with Gasteiger partial charge in [0.25, 0.3) is 0 Å². The predicted octanol–water partition coefficient (Wildman–Crippen LogP) is 4.67. The van der Waals surface area contributed by atoms with Crippen molar-refractivity contribution in [3.63, 3.8) is 0 Å². The van der Waals surface area contributed by atoms with E-state index in [2.05, 4.69) is 35.6 Å². The molecule has 0 unspecified atom stereocenters. The maximum Gasteiger partial charge on any atom is 0.339 e. The van der Waals surface area contributed by atoms with Gasteiger partial charge in [0, 0.05) is 35.8 Å². The standard InChI is InChI=1S/C28H33N5O3/c1-17-24(30-33-16-21(28(34)36-4)14-23(35-3)26(17)33)22-13-20-7-10-29-25(19-8-11-31(2)12-9-19)27(20)32(22)15-18-5-6-18/h7,10,13-14,16,18-19H,5-6,8-9,11-12,15H2,1-4H3. The summed E-state index contributed by atoms with van der Waals surface area (Å²) in [6, 6.07) is 6.11. The average Bonchev–Trinajstić information content (AvgIpc) is 3.56. The Bertz CT molecular complexity index is 1460. The Labute approximate surface area is 210 Å². The second-order valence-electron chi connectivity index (χ2n) is 10.4. The predicted molar refractivity (Wildman–Crippen MR) is 139 cm³/mol. The minimum Gasteiger partial charge on any atom is -0.494 e. The minimum absolute atomic E-state index is 0.406. The molecule has 0 amide bonds. The van der Waals surface area contributed by atoms with E-state index in [4.69, 9.17) is 19.6 Å². The van der Waals surface area contributed by atoms with Crippen LogP contribution in [-0.4, -0.2) is 64.4 Å². The quantitative estimate of drug-likeness (QED) is 0.368. The number of fused-ring (bicyclic) bond motifs is 2. The fraction of sp³-hybridized carbons (Fsp3) is 0.464. The zero-order valence-electron chi connectivity index (χ0n) is 21.5. The number of pyridine rings is 2. The normalized spacial score (nSPS) is 17.2. The number of aromatic nitrogens is 4. The SMILES string of the molecule is COC(=O)c1cc(OC)c2c(C)c(-c3cc4ccnc(C5CCN(C)CC5)c4n3CC3CC3)nn2c1. The van der Waals surface area contributed by atoms with E-state index in [9.17, 15) is 4.79 Å². The number of piperidine rings is 1. The summed E-state index contributed by atoms with van der Waals surface area (Å²) in [5.41, 5.74) is 6.77. The molecule has 0 aromatic carbocycles. The van der Waals surface area contributed by atoms with Crippen LogP contribution in [0, 0.1) is 12.8 Å². The molecule has 6 rings (SSSR count). The lowest BCUT2D eigenvalue weighted by atomic mass is 9.92. The van der Waals surface area contributed by atoms with Crippen LogP contribution in [0.15, 0.2) is 30.6 Å². The van der Waals surface area contributed by atoms with Gasteiger partial charge in [0.1, 0.15) is 17.0 Å². The first-order valence-corrected chi connectivity index (χ1v) is 12.8. The minimum atomic E-state index is -0.415. The van der Waals surface area contributed by atoms with Crippen LogP contribution in [-0.2, 0) is 11.3 Å². The Kier molecular flexibility index (Phi) is 5.71. The molecule has 188 valence electrons. The number of likely N-dealkylation sites (tertiary alicyclic amines) is 1. The van der Waals surface area contributed by atoms with Crippen molar-refractivity contribution < 1.29 is 14.3 Å². The molecular formula is C28H33N5O3. The van der Waals surface area contributed by atoms with Crippen molar-refractivity contribution in [1.29, 1.82) is 0 Å². The first kappa shape index (κ1) is 23.0. The van der Waals surface area contributed by atoms with E-state index in [-0.39, 0.29) is 0 Å². The van der Waals surface area contributed by atoms with Gasteiger partial charge in [0.05, 0.1) is 36.7 Å². The maximum absolute atomic E-state index is 12.3. The Morgan fingerprint density at radius 1 is 1.11 bits per heavy atom. The largest absolute Gasteiger partial charge is 0.494 e. The highest BCUT2D eigenvalue weighted by molar-refractivity contribution is 5.92. The summed E-state index contributed by atoms with van der Waals surface area (Å²) in [5, 5.41) is 6.20. The summed E-state index contributed by atoms with van der Waals surface area (Å²) in [5.74, 6) is 1.35. The van der Waals surface area contributed by atoms with E-state index in [1.165, 1.54) is 36.5 Å². The summed E-state index contributed by atoms with van der Waals surface area (Å²) in [6.07, 6.45) is 8.48. The second-order valence-corrected chi connectivity index (χ2v) is 10.4. The highest BCUT2D eigenvalue weighted by atomic mass is 16.5. The van der Waals surface area contributed by atoms with Gasteiger partial charge in [-0.25, -0.2) is 9.31 Å². The molecule has 0 N–H and O–H groups in total. The van der Waals surface area contributed by atoms with Gasteiger partial charge in [0.15, 0.2) is 0 Å². The lowest BCUT2D eigenvalue weighted by Gasteiger charge is -2.29. The van der Waals surface area contributed by atoms with Crippen LogP contribution >= 0.6 is 0 Å². The van der Waals surface area contributed by atoms with Gasteiger partial charge < -0.3 is 18.9 Å². The summed E-state index contributed by atoms with van der Waals surface area (Å²) in [6.45, 7) is 5.26. The number of hydrogen-bond acceptors (Lipinski definition) is 6. The Hall–Kier alpha value is -3.39. The van der Waals surface area contributed by atoms with Crippen molar-refractivity contribution in [3.05, 3.63) is 47.4 Å². The fourth-order valence-corrected chi connectivity index (χ4v) is 5.68. The second kappa shape index (κ2) is 8.92. The van der Waals surface area contributed by atoms with Gasteiger partial charge in [0.2, 0.25) is 0 Å². The zero-order chi connectivity index (χ0) is 25.0. The first-order chi connectivity index (χ1) is 17.5. The number of aryl methyl sites for hydroxylation is 1. The van der Waals surface area contributed by atoms with Crippen LogP contribution in [0.3, 0.4) is 0 Å². The van der Waals surface area contributed by atoms with Crippen LogP contribution in [0.2, 0.25) is 0 Å². The lowest BCUT2D eigenvalue weighted by molar-refractivity contribution is 0.0599. The number of esters is 1. The molecule has 1 aliphatic carbocycles. The van der Waals surface area contributed by atoms with Gasteiger partial charge in [-0.1, -0.05) is 0 Å². The van der Waals surface area contributed by atoms with E-state index >= 15 is 0 Å². The van der Waals surface area contributed by atoms with Crippen molar-refractivity contribution in [3.8, 4) is 17.1 Å². The average molecular weight is 488 g/mol. The van der Waals surface area contributed by atoms with Gasteiger partial charge in [-0.05, 0) is 76.9 Å². The molecule has 1 saturated heterocycles.